The summed E-state index contributed by atoms with van der Waals surface area (Å²) in [5.41, 5.74) is 0. The highest BCUT2D eigenvalue weighted by atomic mass is 19.3. The van der Waals surface area contributed by atoms with Gasteiger partial charge in [0, 0.05) is 24.7 Å². The summed E-state index contributed by atoms with van der Waals surface area (Å²) >= 11 is 0. The second-order valence-corrected chi connectivity index (χ2v) is 4.11. The quantitative estimate of drug-likeness (QED) is 0.740. The molecule has 2 rings (SSSR count). The van der Waals surface area contributed by atoms with E-state index in [4.69, 9.17) is 4.52 Å². The van der Waals surface area contributed by atoms with Crippen LogP contribution < -0.4 is 0 Å². The lowest BCUT2D eigenvalue weighted by Gasteiger charge is -2.32. The fraction of sp³-hybridized carbons (Fsp3) is 0.778. The first-order chi connectivity index (χ1) is 6.48. The zero-order valence-corrected chi connectivity index (χ0v) is 8.13. The Bertz CT molecular complexity index is 327. The van der Waals surface area contributed by atoms with Gasteiger partial charge in [-0.2, -0.15) is 4.98 Å². The average molecular weight is 202 g/mol. The van der Waals surface area contributed by atoms with Gasteiger partial charge in [-0.1, -0.05) is 19.0 Å². The lowest BCUT2D eigenvalue weighted by atomic mass is 9.81. The third kappa shape index (κ3) is 1.63. The minimum Gasteiger partial charge on any atom is -0.339 e. The van der Waals surface area contributed by atoms with Gasteiger partial charge in [-0.25, -0.2) is 8.78 Å². The number of alkyl halides is 2. The first kappa shape index (κ1) is 9.55. The summed E-state index contributed by atoms with van der Waals surface area (Å²) in [5.74, 6) is -1.64. The average Bonchev–Trinajstić information content (AvgIpc) is 2.47. The van der Waals surface area contributed by atoms with Crippen LogP contribution in [0.25, 0.3) is 0 Å². The van der Waals surface area contributed by atoms with E-state index in [1.807, 2.05) is 13.8 Å². The summed E-state index contributed by atoms with van der Waals surface area (Å²) in [7, 11) is 0. The van der Waals surface area contributed by atoms with Gasteiger partial charge in [0.15, 0.2) is 5.82 Å². The molecule has 0 bridgehead atoms. The van der Waals surface area contributed by atoms with E-state index in [0.29, 0.717) is 11.7 Å². The molecule has 14 heavy (non-hydrogen) atoms. The molecule has 78 valence electrons. The highest BCUT2D eigenvalue weighted by Crippen LogP contribution is 2.47. The Morgan fingerprint density at radius 2 is 2.07 bits per heavy atom. The summed E-state index contributed by atoms with van der Waals surface area (Å²) in [6, 6.07) is 0. The van der Waals surface area contributed by atoms with Gasteiger partial charge in [-0.15, -0.1) is 0 Å². The van der Waals surface area contributed by atoms with Crippen molar-refractivity contribution in [3.05, 3.63) is 11.7 Å². The molecule has 0 spiro atoms. The fourth-order valence-corrected chi connectivity index (χ4v) is 1.49. The van der Waals surface area contributed by atoms with Gasteiger partial charge in [0.05, 0.1) is 0 Å². The van der Waals surface area contributed by atoms with Crippen LogP contribution in [-0.2, 0) is 0 Å². The van der Waals surface area contributed by atoms with Crippen LogP contribution in [0.2, 0.25) is 0 Å². The van der Waals surface area contributed by atoms with Gasteiger partial charge in [0.2, 0.25) is 11.8 Å². The van der Waals surface area contributed by atoms with E-state index in [-0.39, 0.29) is 24.7 Å². The smallest absolute Gasteiger partial charge is 0.249 e. The first-order valence-corrected chi connectivity index (χ1v) is 4.69. The minimum absolute atomic E-state index is 0.149. The van der Waals surface area contributed by atoms with Crippen molar-refractivity contribution in [3.63, 3.8) is 0 Å². The van der Waals surface area contributed by atoms with Crippen molar-refractivity contribution in [3.8, 4) is 0 Å². The molecule has 0 radical (unpaired) electrons. The van der Waals surface area contributed by atoms with Crippen molar-refractivity contribution in [1.82, 2.24) is 10.1 Å². The molecular weight excluding hydrogens is 190 g/mol. The van der Waals surface area contributed by atoms with E-state index < -0.39 is 5.92 Å². The zero-order chi connectivity index (χ0) is 10.3. The van der Waals surface area contributed by atoms with Crippen LogP contribution in [0.4, 0.5) is 8.78 Å². The minimum atomic E-state index is -2.52. The predicted octanol–water partition coefficient (Wildman–Crippen LogP) is 2.71. The van der Waals surface area contributed by atoms with E-state index in [2.05, 4.69) is 10.1 Å². The predicted molar refractivity (Wildman–Crippen MR) is 45.3 cm³/mol. The summed E-state index contributed by atoms with van der Waals surface area (Å²) in [5, 5.41) is 3.71. The van der Waals surface area contributed by atoms with Crippen molar-refractivity contribution >= 4 is 0 Å². The number of rotatable bonds is 2. The van der Waals surface area contributed by atoms with Gasteiger partial charge < -0.3 is 4.52 Å². The van der Waals surface area contributed by atoms with Crippen molar-refractivity contribution in [2.24, 2.45) is 0 Å². The summed E-state index contributed by atoms with van der Waals surface area (Å²) < 4.78 is 30.1. The van der Waals surface area contributed by atoms with Crippen LogP contribution in [0.15, 0.2) is 4.52 Å². The second kappa shape index (κ2) is 3.00. The van der Waals surface area contributed by atoms with Crippen LogP contribution in [-0.4, -0.2) is 16.1 Å². The van der Waals surface area contributed by atoms with Gasteiger partial charge >= 0.3 is 0 Å². The first-order valence-electron chi connectivity index (χ1n) is 4.69. The van der Waals surface area contributed by atoms with Gasteiger partial charge in [-0.3, -0.25) is 0 Å². The molecule has 3 nitrogen and oxygen atoms in total. The maximum atomic E-state index is 12.6. The number of hydrogen-bond acceptors (Lipinski definition) is 3. The van der Waals surface area contributed by atoms with Crippen molar-refractivity contribution in [1.29, 1.82) is 0 Å². The summed E-state index contributed by atoms with van der Waals surface area (Å²) in [6.45, 7) is 3.85. The molecule has 0 unspecified atom stereocenters. The molecule has 1 aliphatic rings. The summed E-state index contributed by atoms with van der Waals surface area (Å²) in [4.78, 5) is 4.09. The Morgan fingerprint density at radius 1 is 1.43 bits per heavy atom. The van der Waals surface area contributed by atoms with Gasteiger partial charge in [0.25, 0.3) is 0 Å². The molecule has 0 aliphatic heterocycles. The molecule has 1 aromatic heterocycles. The molecule has 0 N–H and O–H groups in total. The maximum absolute atomic E-state index is 12.6. The molecule has 1 heterocycles. The van der Waals surface area contributed by atoms with E-state index >= 15 is 0 Å². The van der Waals surface area contributed by atoms with Crippen LogP contribution in [0, 0.1) is 0 Å². The van der Waals surface area contributed by atoms with Crippen LogP contribution in [0.3, 0.4) is 0 Å². The van der Waals surface area contributed by atoms with Crippen molar-refractivity contribution in [2.75, 3.05) is 0 Å². The van der Waals surface area contributed by atoms with E-state index in [0.717, 1.165) is 0 Å². The Morgan fingerprint density at radius 3 is 2.50 bits per heavy atom. The van der Waals surface area contributed by atoms with Crippen LogP contribution in [0.1, 0.15) is 50.2 Å². The summed E-state index contributed by atoms with van der Waals surface area (Å²) in [6.07, 6.45) is -0.297. The topological polar surface area (TPSA) is 38.9 Å². The maximum Gasteiger partial charge on any atom is 0.249 e. The highest BCUT2D eigenvalue weighted by molar-refractivity contribution is 5.06. The lowest BCUT2D eigenvalue weighted by molar-refractivity contribution is -0.0888. The monoisotopic (exact) mass is 202 g/mol. The number of hydrogen-bond donors (Lipinski definition) is 0. The Hall–Kier alpha value is -1.00. The van der Waals surface area contributed by atoms with Gasteiger partial charge in [0.1, 0.15) is 0 Å². The Balaban J connectivity index is 2.05. The molecule has 0 aromatic carbocycles. The van der Waals surface area contributed by atoms with Crippen molar-refractivity contribution in [2.45, 2.75) is 44.4 Å². The number of halogens is 2. The Labute approximate surface area is 80.5 Å². The standard InChI is InChI=1S/C9H12F2N2O/c1-5(2)8-12-7(13-14-8)6-3-9(10,11)4-6/h5-6H,3-4H2,1-2H3. The second-order valence-electron chi connectivity index (χ2n) is 4.11. The SMILES string of the molecule is CC(C)c1nc(C2CC(F)(F)C2)no1. The van der Waals surface area contributed by atoms with E-state index in [9.17, 15) is 8.78 Å². The molecular formula is C9H12F2N2O. The molecule has 0 atom stereocenters. The zero-order valence-electron chi connectivity index (χ0n) is 8.13. The van der Waals surface area contributed by atoms with Crippen molar-refractivity contribution < 1.29 is 13.3 Å². The Kier molecular flexibility index (Phi) is 2.05. The lowest BCUT2D eigenvalue weighted by Crippen LogP contribution is -2.34. The molecule has 0 amide bonds. The number of nitrogens with zero attached hydrogens (tertiary/aromatic N) is 2. The van der Waals surface area contributed by atoms with E-state index in [1.54, 1.807) is 0 Å². The molecule has 0 saturated heterocycles. The third-order valence-corrected chi connectivity index (χ3v) is 2.41. The molecule has 5 heteroatoms. The molecule has 1 fully saturated rings. The third-order valence-electron chi connectivity index (χ3n) is 2.41. The number of aromatic nitrogens is 2. The molecule has 1 aliphatic carbocycles. The van der Waals surface area contributed by atoms with Crippen LogP contribution in [0.5, 0.6) is 0 Å². The van der Waals surface area contributed by atoms with Crippen LogP contribution >= 0.6 is 0 Å². The van der Waals surface area contributed by atoms with E-state index in [1.165, 1.54) is 0 Å². The largest absolute Gasteiger partial charge is 0.339 e. The molecule has 1 aromatic rings. The highest BCUT2D eigenvalue weighted by Gasteiger charge is 2.48. The van der Waals surface area contributed by atoms with Gasteiger partial charge in [-0.05, 0) is 0 Å². The fourth-order valence-electron chi connectivity index (χ4n) is 1.49. The molecule has 1 saturated carbocycles. The normalized spacial score (nSPS) is 21.2.